The van der Waals surface area contributed by atoms with Crippen molar-refractivity contribution in [3.8, 4) is 0 Å². The molecular formula is C20H42O3Si. The van der Waals surface area contributed by atoms with E-state index in [9.17, 15) is 0 Å². The number of hydrogen-bond donors (Lipinski definition) is 0. The maximum absolute atomic E-state index is 5.68. The van der Waals surface area contributed by atoms with Crippen molar-refractivity contribution in [2.45, 2.75) is 95.8 Å². The zero-order valence-electron chi connectivity index (χ0n) is 16.4. The van der Waals surface area contributed by atoms with E-state index < -0.39 is 0 Å². The lowest BCUT2D eigenvalue weighted by Gasteiger charge is -2.13. The lowest BCUT2D eigenvalue weighted by atomic mass is 10.0. The van der Waals surface area contributed by atoms with Crippen LogP contribution in [-0.4, -0.2) is 36.9 Å². The Kier molecular flexibility index (Phi) is 20.7. The molecule has 0 aromatic rings. The summed E-state index contributed by atoms with van der Waals surface area (Å²) < 4.78 is 15.9. The first-order valence-electron chi connectivity index (χ1n) is 10.1. The summed E-state index contributed by atoms with van der Waals surface area (Å²) in [6, 6.07) is 1.28. The maximum Gasteiger partial charge on any atom is 0.178 e. The van der Waals surface area contributed by atoms with Crippen LogP contribution in [0, 0.1) is 0 Å². The number of hydrogen-bond acceptors (Lipinski definition) is 3. The zero-order chi connectivity index (χ0) is 17.7. The highest BCUT2D eigenvalue weighted by Crippen LogP contribution is 2.13. The van der Waals surface area contributed by atoms with E-state index in [4.69, 9.17) is 13.9 Å². The lowest BCUT2D eigenvalue weighted by molar-refractivity contribution is -0.121. The van der Waals surface area contributed by atoms with Gasteiger partial charge in [0.25, 0.3) is 0 Å². The van der Waals surface area contributed by atoms with Gasteiger partial charge in [-0.2, -0.15) is 0 Å². The summed E-state index contributed by atoms with van der Waals surface area (Å²) in [6.45, 7) is 4.36. The standard InChI is InChI=1S/C20H42O3Si/c1-4-5-6-7-8-9-10-11-12-13-14-15-16-17-18-24-23-19-20(21-2)22-3/h4,20H,1,5-19,24H2,2-3H3. The van der Waals surface area contributed by atoms with Crippen LogP contribution < -0.4 is 0 Å². The Balaban J connectivity index is 3.04. The number of unbranched alkanes of at least 4 members (excludes halogenated alkanes) is 12. The second-order valence-electron chi connectivity index (χ2n) is 6.65. The molecule has 3 nitrogen and oxygen atoms in total. The molecule has 0 aliphatic heterocycles. The summed E-state index contributed by atoms with van der Waals surface area (Å²) in [5.74, 6) is 0. The minimum Gasteiger partial charge on any atom is -0.419 e. The first-order chi connectivity index (χ1) is 11.8. The molecule has 0 atom stereocenters. The van der Waals surface area contributed by atoms with E-state index in [0.29, 0.717) is 6.61 Å². The molecule has 0 aliphatic carbocycles. The van der Waals surface area contributed by atoms with Crippen LogP contribution in [0.25, 0.3) is 0 Å². The van der Waals surface area contributed by atoms with Gasteiger partial charge in [0, 0.05) is 14.2 Å². The Bertz CT molecular complexity index is 245. The van der Waals surface area contributed by atoms with E-state index in [1.807, 2.05) is 6.08 Å². The van der Waals surface area contributed by atoms with Gasteiger partial charge in [-0.15, -0.1) is 6.58 Å². The average molecular weight is 359 g/mol. The molecule has 0 amide bonds. The molecule has 0 heterocycles. The van der Waals surface area contributed by atoms with Crippen molar-refractivity contribution in [2.75, 3.05) is 20.8 Å². The molecule has 0 bridgehead atoms. The molecule has 0 saturated heterocycles. The van der Waals surface area contributed by atoms with Gasteiger partial charge in [-0.3, -0.25) is 0 Å². The van der Waals surface area contributed by atoms with Crippen molar-refractivity contribution in [1.82, 2.24) is 0 Å². The van der Waals surface area contributed by atoms with Gasteiger partial charge in [-0.1, -0.05) is 76.7 Å². The van der Waals surface area contributed by atoms with Crippen molar-refractivity contribution in [3.05, 3.63) is 12.7 Å². The van der Waals surface area contributed by atoms with Crippen molar-refractivity contribution in [2.24, 2.45) is 0 Å². The molecule has 0 aromatic heterocycles. The van der Waals surface area contributed by atoms with Gasteiger partial charge in [0.2, 0.25) is 0 Å². The van der Waals surface area contributed by atoms with E-state index in [-0.39, 0.29) is 16.1 Å². The summed E-state index contributed by atoms with van der Waals surface area (Å²) in [6.07, 6.45) is 19.8. The molecule has 0 rings (SSSR count). The van der Waals surface area contributed by atoms with Crippen LogP contribution >= 0.6 is 0 Å². The van der Waals surface area contributed by atoms with E-state index in [1.165, 1.54) is 89.5 Å². The normalized spacial score (nSPS) is 11.8. The van der Waals surface area contributed by atoms with Crippen LogP contribution in [0.1, 0.15) is 83.5 Å². The first-order valence-corrected chi connectivity index (χ1v) is 11.7. The molecule has 0 N–H and O–H groups in total. The minimum absolute atomic E-state index is 0.190. The highest BCUT2D eigenvalue weighted by atomic mass is 28.2. The van der Waals surface area contributed by atoms with Crippen molar-refractivity contribution >= 4 is 9.76 Å². The third kappa shape index (κ3) is 18.2. The van der Waals surface area contributed by atoms with Gasteiger partial charge in [0.15, 0.2) is 16.1 Å². The second-order valence-corrected chi connectivity index (χ2v) is 8.17. The lowest BCUT2D eigenvalue weighted by Crippen LogP contribution is -2.21. The molecule has 0 aromatic carbocycles. The molecule has 0 saturated carbocycles. The largest absolute Gasteiger partial charge is 0.419 e. The van der Waals surface area contributed by atoms with E-state index in [0.717, 1.165) is 0 Å². The molecule has 144 valence electrons. The van der Waals surface area contributed by atoms with E-state index >= 15 is 0 Å². The zero-order valence-corrected chi connectivity index (χ0v) is 17.8. The number of allylic oxidation sites excluding steroid dienone is 1. The molecule has 0 radical (unpaired) electrons. The second kappa shape index (κ2) is 20.9. The molecule has 0 unspecified atom stereocenters. The number of ether oxygens (including phenoxy) is 2. The predicted octanol–water partition coefficient (Wildman–Crippen LogP) is 5.38. The van der Waals surface area contributed by atoms with Gasteiger partial charge in [-0.05, 0) is 18.9 Å². The summed E-state index contributed by atoms with van der Waals surface area (Å²) in [5.41, 5.74) is 0. The molecule has 24 heavy (non-hydrogen) atoms. The van der Waals surface area contributed by atoms with Crippen LogP contribution in [0.15, 0.2) is 12.7 Å². The van der Waals surface area contributed by atoms with Crippen LogP contribution in [-0.2, 0) is 13.9 Å². The van der Waals surface area contributed by atoms with Gasteiger partial charge in [0.1, 0.15) is 0 Å². The monoisotopic (exact) mass is 358 g/mol. The first kappa shape index (κ1) is 23.8. The third-order valence-electron chi connectivity index (χ3n) is 4.48. The van der Waals surface area contributed by atoms with E-state index in [2.05, 4.69) is 6.58 Å². The number of rotatable bonds is 20. The predicted molar refractivity (Wildman–Crippen MR) is 107 cm³/mol. The van der Waals surface area contributed by atoms with Crippen molar-refractivity contribution in [3.63, 3.8) is 0 Å². The Hall–Kier alpha value is -0.163. The van der Waals surface area contributed by atoms with Crippen molar-refractivity contribution in [1.29, 1.82) is 0 Å². The summed E-state index contributed by atoms with van der Waals surface area (Å²) in [5, 5.41) is 0. The SMILES string of the molecule is C=CCCCCCCCCCCCCCC[SiH2]OCC(OC)OC. The Morgan fingerprint density at radius 2 is 1.21 bits per heavy atom. The van der Waals surface area contributed by atoms with Crippen molar-refractivity contribution < 1.29 is 13.9 Å². The summed E-state index contributed by atoms with van der Waals surface area (Å²) in [7, 11) is 2.94. The van der Waals surface area contributed by atoms with Gasteiger partial charge < -0.3 is 13.9 Å². The van der Waals surface area contributed by atoms with Gasteiger partial charge >= 0.3 is 0 Å². The number of methoxy groups -OCH3 is 2. The van der Waals surface area contributed by atoms with Crippen LogP contribution in [0.3, 0.4) is 0 Å². The Morgan fingerprint density at radius 1 is 0.750 bits per heavy atom. The fraction of sp³-hybridized carbons (Fsp3) is 0.900. The molecule has 0 aliphatic rings. The fourth-order valence-corrected chi connectivity index (χ4v) is 3.97. The van der Waals surface area contributed by atoms with Crippen LogP contribution in [0.4, 0.5) is 0 Å². The van der Waals surface area contributed by atoms with Crippen LogP contribution in [0.5, 0.6) is 0 Å². The maximum atomic E-state index is 5.68. The average Bonchev–Trinajstić information content (AvgIpc) is 2.61. The summed E-state index contributed by atoms with van der Waals surface area (Å²) in [4.78, 5) is 0. The topological polar surface area (TPSA) is 27.7 Å². The molecule has 4 heteroatoms. The highest BCUT2D eigenvalue weighted by Gasteiger charge is 2.03. The summed E-state index contributed by atoms with van der Waals surface area (Å²) >= 11 is 0. The molecular weight excluding hydrogens is 316 g/mol. The Labute approximate surface area is 153 Å². The Morgan fingerprint density at radius 3 is 1.67 bits per heavy atom. The van der Waals surface area contributed by atoms with Gasteiger partial charge in [0.05, 0.1) is 6.61 Å². The molecule has 0 spiro atoms. The van der Waals surface area contributed by atoms with E-state index in [1.54, 1.807) is 14.2 Å². The fourth-order valence-electron chi connectivity index (χ4n) is 2.85. The highest BCUT2D eigenvalue weighted by molar-refractivity contribution is 6.26. The van der Waals surface area contributed by atoms with Gasteiger partial charge in [-0.25, -0.2) is 0 Å². The quantitative estimate of drug-likeness (QED) is 0.126. The minimum atomic E-state index is -0.377. The smallest absolute Gasteiger partial charge is 0.178 e. The van der Waals surface area contributed by atoms with Crippen LogP contribution in [0.2, 0.25) is 6.04 Å². The third-order valence-corrected chi connectivity index (χ3v) is 5.79. The molecule has 0 fully saturated rings.